The molecule has 0 N–H and O–H groups in total. The van der Waals surface area contributed by atoms with E-state index in [0.29, 0.717) is 0 Å². The van der Waals surface area contributed by atoms with Crippen LogP contribution >= 0.6 is 0 Å². The molecule has 0 saturated carbocycles. The highest BCUT2D eigenvalue weighted by atomic mass is 14.8. The van der Waals surface area contributed by atoms with Gasteiger partial charge in [0.05, 0.1) is 0 Å². The van der Waals surface area contributed by atoms with Gasteiger partial charge < -0.3 is 0 Å². The van der Waals surface area contributed by atoms with Crippen LogP contribution in [0, 0.1) is 6.07 Å². The zero-order chi connectivity index (χ0) is 4.41. The molecule has 1 heteroatoms. The third-order valence-electron chi connectivity index (χ3n) is 0.638. The Labute approximate surface area is 37.1 Å². The topological polar surface area (TPSA) is 4.36 Å². The summed E-state index contributed by atoms with van der Waals surface area (Å²) in [5, 5.41) is 0. The van der Waals surface area contributed by atoms with Crippen LogP contribution in [0.15, 0.2) is 11.8 Å². The summed E-state index contributed by atoms with van der Waals surface area (Å²) in [7, 11) is 0. The Morgan fingerprint density at radius 1 is 2.00 bits per heavy atom. The third-order valence-corrected chi connectivity index (χ3v) is 0.638. The lowest BCUT2D eigenvalue weighted by Crippen LogP contribution is -1.49. The Morgan fingerprint density at radius 3 is 2.83 bits per heavy atom. The molecule has 0 aliphatic carbocycles. The first-order chi connectivity index (χ1) is 2.93. The van der Waals surface area contributed by atoms with Gasteiger partial charge in [0.15, 0.2) is 0 Å². The van der Waals surface area contributed by atoms with E-state index < -0.39 is 0 Å². The van der Waals surface area contributed by atoms with Crippen LogP contribution in [0.5, 0.6) is 0 Å². The molecule has 0 unspecified atom stereocenters. The monoisotopic (exact) mass is 80.0 g/mol. The molecule has 0 atom stereocenters. The Bertz CT molecular complexity index is 124. The molecule has 1 aliphatic heterocycles. The van der Waals surface area contributed by atoms with Crippen molar-refractivity contribution in [3.63, 3.8) is 0 Å². The number of hydrogen-bond acceptors (Lipinski definition) is 0. The van der Waals surface area contributed by atoms with Crippen molar-refractivity contribution in [3.8, 4) is 6.07 Å². The number of rotatable bonds is 1. The molecule has 1 nitrogen and oxygen atoms in total. The summed E-state index contributed by atoms with van der Waals surface area (Å²) in [4.78, 5) is 3.70. The molecule has 0 fully saturated rings. The standard InChI is InChI=1S/C5H6N/c1-2-3-5-4-6-5/h3H,2H2,1H3/q+1/b5-3-. The summed E-state index contributed by atoms with van der Waals surface area (Å²) in [5.41, 5.74) is 1.04. The molecule has 1 rings (SSSR count). The first-order valence-electron chi connectivity index (χ1n) is 2.10. The molecule has 0 saturated heterocycles. The van der Waals surface area contributed by atoms with E-state index in [4.69, 9.17) is 0 Å². The van der Waals surface area contributed by atoms with Gasteiger partial charge >= 0.3 is 11.8 Å². The predicted molar refractivity (Wildman–Crippen MR) is 25.6 cm³/mol. The van der Waals surface area contributed by atoms with Crippen LogP contribution in [-0.2, 0) is 0 Å². The first-order valence-corrected chi connectivity index (χ1v) is 2.10. The van der Waals surface area contributed by atoms with Crippen molar-refractivity contribution in [2.45, 2.75) is 13.3 Å². The molecule has 6 heavy (non-hydrogen) atoms. The van der Waals surface area contributed by atoms with Gasteiger partial charge in [-0.25, -0.2) is 0 Å². The molecule has 30 valence electrons. The minimum atomic E-state index is 1.04. The van der Waals surface area contributed by atoms with Crippen LogP contribution in [0.2, 0.25) is 0 Å². The van der Waals surface area contributed by atoms with Gasteiger partial charge in [0.25, 0.3) is 0 Å². The van der Waals surface area contributed by atoms with Crippen LogP contribution in [0.3, 0.4) is 0 Å². The zero-order valence-corrected chi connectivity index (χ0v) is 3.73. The van der Waals surface area contributed by atoms with Crippen LogP contribution in [-0.4, -0.2) is 0 Å². The average molecular weight is 80.1 g/mol. The molecular formula is C5H6N+. The van der Waals surface area contributed by atoms with Gasteiger partial charge in [0.2, 0.25) is 0 Å². The fraction of sp³-hybridized carbons (Fsp3) is 0.400. The van der Waals surface area contributed by atoms with Crippen molar-refractivity contribution < 1.29 is 0 Å². The summed E-state index contributed by atoms with van der Waals surface area (Å²) in [6, 6.07) is 2.72. The lowest BCUT2D eigenvalue weighted by Gasteiger charge is -1.56. The Hall–Kier alpha value is -0.770. The molecular weight excluding hydrogens is 74.1 g/mol. The molecule has 0 aromatic heterocycles. The molecule has 1 aliphatic rings. The molecule has 0 spiro atoms. The highest BCUT2D eigenvalue weighted by molar-refractivity contribution is 5.46. The lowest BCUT2D eigenvalue weighted by molar-refractivity contribution is 1.22. The summed E-state index contributed by atoms with van der Waals surface area (Å²) >= 11 is 0. The Kier molecular flexibility index (Phi) is 0.648. The van der Waals surface area contributed by atoms with Crippen molar-refractivity contribution >= 4 is 0 Å². The quantitative estimate of drug-likeness (QED) is 0.451. The largest absolute Gasteiger partial charge is 0.460 e. The lowest BCUT2D eigenvalue weighted by atomic mass is 10.4. The van der Waals surface area contributed by atoms with E-state index in [0.717, 1.165) is 12.1 Å². The van der Waals surface area contributed by atoms with Crippen molar-refractivity contribution in [2.24, 2.45) is 0 Å². The number of nitrogens with zero attached hydrogens (tertiary/aromatic N) is 1. The Morgan fingerprint density at radius 2 is 2.67 bits per heavy atom. The van der Waals surface area contributed by atoms with E-state index in [-0.39, 0.29) is 0 Å². The van der Waals surface area contributed by atoms with Crippen molar-refractivity contribution in [1.29, 1.82) is 0 Å². The van der Waals surface area contributed by atoms with E-state index in [2.05, 4.69) is 17.8 Å². The fourth-order valence-corrected chi connectivity index (χ4v) is 0.317. The average Bonchev–Trinajstić information content (AvgIpc) is 2.21. The summed E-state index contributed by atoms with van der Waals surface area (Å²) in [6.07, 6.45) is 3.12. The molecule has 0 radical (unpaired) electrons. The van der Waals surface area contributed by atoms with Gasteiger partial charge in [-0.1, -0.05) is 6.92 Å². The van der Waals surface area contributed by atoms with Crippen LogP contribution < -0.4 is 0 Å². The van der Waals surface area contributed by atoms with Gasteiger partial charge in [-0.15, -0.1) is 0 Å². The van der Waals surface area contributed by atoms with Gasteiger partial charge in [0, 0.05) is 6.08 Å². The van der Waals surface area contributed by atoms with Crippen molar-refractivity contribution in [3.05, 3.63) is 16.6 Å². The second kappa shape index (κ2) is 1.14. The first kappa shape index (κ1) is 3.42. The van der Waals surface area contributed by atoms with E-state index in [1.54, 1.807) is 0 Å². The maximum Gasteiger partial charge on any atom is 0.460 e. The van der Waals surface area contributed by atoms with Crippen LogP contribution in [0.1, 0.15) is 13.3 Å². The minimum Gasteiger partial charge on any atom is -0.0616 e. The third kappa shape index (κ3) is 0.587. The van der Waals surface area contributed by atoms with E-state index in [9.17, 15) is 0 Å². The van der Waals surface area contributed by atoms with Crippen molar-refractivity contribution in [2.75, 3.05) is 0 Å². The summed E-state index contributed by atoms with van der Waals surface area (Å²) < 4.78 is 0. The smallest absolute Gasteiger partial charge is 0.0616 e. The predicted octanol–water partition coefficient (Wildman–Crippen LogP) is 1.63. The van der Waals surface area contributed by atoms with Gasteiger partial charge in [-0.3, -0.25) is 0 Å². The zero-order valence-electron chi connectivity index (χ0n) is 3.73. The van der Waals surface area contributed by atoms with Crippen molar-refractivity contribution in [1.82, 2.24) is 0 Å². The molecule has 1 heterocycles. The Balaban J connectivity index is 2.29. The minimum absolute atomic E-state index is 1.04. The van der Waals surface area contributed by atoms with Gasteiger partial charge in [-0.05, 0) is 11.3 Å². The molecule has 0 aromatic rings. The second-order valence-corrected chi connectivity index (χ2v) is 1.22. The SMILES string of the molecule is CC/C=C1/C#[N+]1. The van der Waals surface area contributed by atoms with E-state index in [1.165, 1.54) is 0 Å². The van der Waals surface area contributed by atoms with Crippen LogP contribution in [0.25, 0.3) is 4.85 Å². The molecule has 0 aromatic carbocycles. The highest BCUT2D eigenvalue weighted by Crippen LogP contribution is 2.07. The number of allylic oxidation sites excluding steroid dienone is 2. The normalized spacial score (nSPS) is 19.8. The maximum atomic E-state index is 3.70. The van der Waals surface area contributed by atoms with Gasteiger partial charge in [-0.2, -0.15) is 0 Å². The second-order valence-electron chi connectivity index (χ2n) is 1.22. The summed E-state index contributed by atoms with van der Waals surface area (Å²) in [6.45, 7) is 2.09. The highest BCUT2D eigenvalue weighted by Gasteiger charge is 2.20. The number of hydrogen-bond donors (Lipinski definition) is 0. The molecule has 0 bridgehead atoms. The summed E-state index contributed by atoms with van der Waals surface area (Å²) in [5.74, 6) is 0. The van der Waals surface area contributed by atoms with Gasteiger partial charge in [0.1, 0.15) is 0 Å². The van der Waals surface area contributed by atoms with E-state index in [1.807, 2.05) is 6.08 Å². The van der Waals surface area contributed by atoms with E-state index >= 15 is 0 Å². The maximum absolute atomic E-state index is 3.70. The fourth-order valence-electron chi connectivity index (χ4n) is 0.317. The van der Waals surface area contributed by atoms with Crippen LogP contribution in [0.4, 0.5) is 0 Å². The molecule has 0 amide bonds.